The van der Waals surface area contributed by atoms with Gasteiger partial charge in [0, 0.05) is 10.9 Å². The van der Waals surface area contributed by atoms with Crippen LogP contribution >= 0.6 is 15.9 Å². The maximum atomic E-state index is 5.53. The third kappa shape index (κ3) is 3.07. The van der Waals surface area contributed by atoms with Crippen molar-refractivity contribution < 1.29 is 0 Å². The van der Waals surface area contributed by atoms with E-state index in [1.165, 1.54) is 11.1 Å². The lowest BCUT2D eigenvalue weighted by Gasteiger charge is -2.16. The van der Waals surface area contributed by atoms with Crippen LogP contribution in [0.25, 0.3) is 0 Å². The molecule has 1 rings (SSSR count). The molecule has 0 fully saturated rings. The minimum absolute atomic E-state index is 0.0925. The topological polar surface area (TPSA) is 38.0 Å². The molecule has 1 aromatic rings. The van der Waals surface area contributed by atoms with Crippen LogP contribution in [0, 0.1) is 18.8 Å². The summed E-state index contributed by atoms with van der Waals surface area (Å²) < 4.78 is 1.10. The predicted octanol–water partition coefficient (Wildman–Crippen LogP) is 2.68. The quantitative estimate of drug-likeness (QED) is 0.502. The molecule has 0 radical (unpaired) electrons. The summed E-state index contributed by atoms with van der Waals surface area (Å²) in [6.45, 7) is 3.91. The highest BCUT2D eigenvalue weighted by Crippen LogP contribution is 2.25. The fraction of sp³-hybridized carbons (Fsp3) is 0.333. The minimum atomic E-state index is 0.0925. The molecule has 80 valence electrons. The van der Waals surface area contributed by atoms with Gasteiger partial charge < -0.3 is 0 Å². The molecule has 0 amide bonds. The Morgan fingerprint density at radius 3 is 2.87 bits per heavy atom. The van der Waals surface area contributed by atoms with Crippen molar-refractivity contribution in [2.24, 2.45) is 5.84 Å². The van der Waals surface area contributed by atoms with Crippen LogP contribution in [0.5, 0.6) is 0 Å². The molecule has 1 aromatic carbocycles. The zero-order valence-corrected chi connectivity index (χ0v) is 10.6. The molecule has 3 heteroatoms. The maximum absolute atomic E-state index is 5.53. The summed E-state index contributed by atoms with van der Waals surface area (Å²) in [6.07, 6.45) is 0.726. The molecule has 0 aliphatic carbocycles. The fourth-order valence-electron chi connectivity index (χ4n) is 1.46. The smallest absolute Gasteiger partial charge is 0.0572 e. The second-order valence-corrected chi connectivity index (χ2v) is 4.16. The first-order chi connectivity index (χ1) is 7.20. The Balaban J connectivity index is 2.99. The van der Waals surface area contributed by atoms with Gasteiger partial charge in [-0.3, -0.25) is 11.3 Å². The van der Waals surface area contributed by atoms with Crippen LogP contribution in [-0.2, 0) is 0 Å². The molecule has 0 aliphatic rings. The van der Waals surface area contributed by atoms with Crippen LogP contribution in [0.2, 0.25) is 0 Å². The molecule has 0 bridgehead atoms. The molecule has 0 aliphatic heterocycles. The number of halogens is 1. The number of rotatable bonds is 3. The van der Waals surface area contributed by atoms with Crippen LogP contribution in [0.1, 0.15) is 30.5 Å². The second-order valence-electron chi connectivity index (χ2n) is 3.30. The number of benzene rings is 1. The van der Waals surface area contributed by atoms with Gasteiger partial charge in [-0.25, -0.2) is 0 Å². The van der Waals surface area contributed by atoms with Gasteiger partial charge in [0.15, 0.2) is 0 Å². The van der Waals surface area contributed by atoms with Crippen LogP contribution in [0.4, 0.5) is 0 Å². The normalized spacial score (nSPS) is 11.7. The lowest BCUT2D eigenvalue weighted by atomic mass is 9.99. The molecule has 0 heterocycles. The monoisotopic (exact) mass is 266 g/mol. The van der Waals surface area contributed by atoms with Crippen LogP contribution in [-0.4, -0.2) is 0 Å². The fourth-order valence-corrected chi connectivity index (χ4v) is 1.85. The van der Waals surface area contributed by atoms with Crippen LogP contribution < -0.4 is 11.3 Å². The van der Waals surface area contributed by atoms with Gasteiger partial charge in [-0.2, -0.15) is 0 Å². The molecule has 0 saturated carbocycles. The Morgan fingerprint density at radius 1 is 1.53 bits per heavy atom. The molecule has 2 nitrogen and oxygen atoms in total. The van der Waals surface area contributed by atoms with Gasteiger partial charge in [-0.1, -0.05) is 28.1 Å². The molecule has 1 atom stereocenters. The van der Waals surface area contributed by atoms with Gasteiger partial charge in [-0.05, 0) is 31.0 Å². The summed E-state index contributed by atoms with van der Waals surface area (Å²) in [6, 6.07) is 6.20. The highest BCUT2D eigenvalue weighted by molar-refractivity contribution is 9.10. The predicted molar refractivity (Wildman–Crippen MR) is 67.0 cm³/mol. The van der Waals surface area contributed by atoms with Crippen molar-refractivity contribution in [2.45, 2.75) is 26.3 Å². The van der Waals surface area contributed by atoms with Gasteiger partial charge >= 0.3 is 0 Å². The highest BCUT2D eigenvalue weighted by Gasteiger charge is 2.11. The largest absolute Gasteiger partial charge is 0.271 e. The number of nitrogens with one attached hydrogen (secondary N) is 1. The number of nitrogens with two attached hydrogens (primary N) is 1. The molecule has 0 saturated heterocycles. The van der Waals surface area contributed by atoms with E-state index < -0.39 is 0 Å². The highest BCUT2D eigenvalue weighted by atomic mass is 79.9. The molecule has 1 unspecified atom stereocenters. The molecule has 0 spiro atoms. The summed E-state index contributed by atoms with van der Waals surface area (Å²) in [5.74, 6) is 11.4. The Kier molecular flexibility index (Phi) is 4.83. The van der Waals surface area contributed by atoms with Crippen molar-refractivity contribution >= 4 is 15.9 Å². The number of hydrazine groups is 1. The summed E-state index contributed by atoms with van der Waals surface area (Å²) in [5, 5.41) is 0. The lowest BCUT2D eigenvalue weighted by Crippen LogP contribution is -2.28. The first-order valence-electron chi connectivity index (χ1n) is 4.81. The van der Waals surface area contributed by atoms with Crippen molar-refractivity contribution in [3.8, 4) is 11.8 Å². The van der Waals surface area contributed by atoms with E-state index >= 15 is 0 Å². The van der Waals surface area contributed by atoms with Crippen molar-refractivity contribution in [1.82, 2.24) is 5.43 Å². The Labute approximate surface area is 99.3 Å². The van der Waals surface area contributed by atoms with E-state index in [1.807, 2.05) is 19.1 Å². The maximum Gasteiger partial charge on any atom is 0.0572 e. The first kappa shape index (κ1) is 12.3. The SMILES string of the molecule is CC#CCC(NN)c1cccc(Br)c1C. The average molecular weight is 267 g/mol. The standard InChI is InChI=1S/C12H15BrN2/c1-3-4-8-12(15-14)10-6-5-7-11(13)9(10)2/h5-7,12,15H,8,14H2,1-2H3. The zero-order chi connectivity index (χ0) is 11.3. The summed E-state index contributed by atoms with van der Waals surface area (Å²) in [5.41, 5.74) is 5.19. The van der Waals surface area contributed by atoms with E-state index in [1.54, 1.807) is 0 Å². The first-order valence-corrected chi connectivity index (χ1v) is 5.60. The average Bonchev–Trinajstić information content (AvgIpc) is 2.25. The Hall–Kier alpha value is -0.820. The summed E-state index contributed by atoms with van der Waals surface area (Å²) in [4.78, 5) is 0. The van der Waals surface area contributed by atoms with Gasteiger partial charge in [-0.15, -0.1) is 11.8 Å². The van der Waals surface area contributed by atoms with Crippen molar-refractivity contribution in [3.05, 3.63) is 33.8 Å². The molecule has 0 aromatic heterocycles. The number of hydrogen-bond donors (Lipinski definition) is 2. The summed E-state index contributed by atoms with van der Waals surface area (Å²) >= 11 is 3.51. The molecule has 3 N–H and O–H groups in total. The van der Waals surface area contributed by atoms with E-state index in [2.05, 4.69) is 46.2 Å². The van der Waals surface area contributed by atoms with Gasteiger partial charge in [0.25, 0.3) is 0 Å². The number of hydrogen-bond acceptors (Lipinski definition) is 2. The molecular formula is C12H15BrN2. The van der Waals surface area contributed by atoms with Crippen LogP contribution in [0.15, 0.2) is 22.7 Å². The second kappa shape index (κ2) is 5.92. The zero-order valence-electron chi connectivity index (χ0n) is 8.97. The van der Waals surface area contributed by atoms with E-state index in [0.29, 0.717) is 0 Å². The Bertz CT molecular complexity index is 390. The van der Waals surface area contributed by atoms with E-state index in [0.717, 1.165) is 10.9 Å². The Morgan fingerprint density at radius 2 is 2.27 bits per heavy atom. The van der Waals surface area contributed by atoms with Gasteiger partial charge in [0.2, 0.25) is 0 Å². The summed E-state index contributed by atoms with van der Waals surface area (Å²) in [7, 11) is 0. The van der Waals surface area contributed by atoms with Gasteiger partial charge in [0.1, 0.15) is 0 Å². The molecular weight excluding hydrogens is 252 g/mol. The third-order valence-electron chi connectivity index (χ3n) is 2.37. The molecule has 15 heavy (non-hydrogen) atoms. The van der Waals surface area contributed by atoms with Crippen molar-refractivity contribution in [2.75, 3.05) is 0 Å². The van der Waals surface area contributed by atoms with E-state index in [9.17, 15) is 0 Å². The lowest BCUT2D eigenvalue weighted by molar-refractivity contribution is 0.565. The van der Waals surface area contributed by atoms with Crippen molar-refractivity contribution in [1.29, 1.82) is 0 Å². The van der Waals surface area contributed by atoms with Crippen molar-refractivity contribution in [3.63, 3.8) is 0 Å². The minimum Gasteiger partial charge on any atom is -0.271 e. The van der Waals surface area contributed by atoms with E-state index in [4.69, 9.17) is 5.84 Å². The third-order valence-corrected chi connectivity index (χ3v) is 3.23. The van der Waals surface area contributed by atoms with Crippen LogP contribution in [0.3, 0.4) is 0 Å². The van der Waals surface area contributed by atoms with E-state index in [-0.39, 0.29) is 6.04 Å². The van der Waals surface area contributed by atoms with Gasteiger partial charge in [0.05, 0.1) is 6.04 Å².